The van der Waals surface area contributed by atoms with Crippen molar-refractivity contribution < 1.29 is 14.6 Å². The molecule has 0 saturated heterocycles. The Morgan fingerprint density at radius 1 is 0.879 bits per heavy atom. The number of phenols is 1. The van der Waals surface area contributed by atoms with E-state index in [1.54, 1.807) is 12.1 Å². The number of nitrogens with one attached hydrogen (secondary N) is 2. The molecule has 2 unspecified atom stereocenters. The Bertz CT molecular complexity index is 1200. The summed E-state index contributed by atoms with van der Waals surface area (Å²) in [7, 11) is 0. The molecule has 5 rings (SSSR count). The molecule has 5 heteroatoms. The highest BCUT2D eigenvalue weighted by Gasteiger charge is 2.36. The van der Waals surface area contributed by atoms with Gasteiger partial charge in [0, 0.05) is 17.7 Å². The first-order chi connectivity index (χ1) is 16.0. The van der Waals surface area contributed by atoms with Gasteiger partial charge in [0.2, 0.25) is 0 Å². The molecule has 1 heterocycles. The summed E-state index contributed by atoms with van der Waals surface area (Å²) in [5.74, 6) is 1.28. The highest BCUT2D eigenvalue weighted by molar-refractivity contribution is 6.01. The van der Waals surface area contributed by atoms with Crippen LogP contribution >= 0.6 is 0 Å². The van der Waals surface area contributed by atoms with Gasteiger partial charge in [-0.05, 0) is 73.7 Å². The Balaban J connectivity index is 1.52. The van der Waals surface area contributed by atoms with E-state index in [1.165, 1.54) is 0 Å². The van der Waals surface area contributed by atoms with Gasteiger partial charge >= 0.3 is 0 Å². The quantitative estimate of drug-likeness (QED) is 0.453. The van der Waals surface area contributed by atoms with Gasteiger partial charge in [0.15, 0.2) is 5.78 Å². The Labute approximate surface area is 194 Å². The van der Waals surface area contributed by atoms with E-state index < -0.39 is 0 Å². The molecule has 0 bridgehead atoms. The molecule has 3 N–H and O–H groups in total. The summed E-state index contributed by atoms with van der Waals surface area (Å²) >= 11 is 0. The summed E-state index contributed by atoms with van der Waals surface area (Å²) in [5.41, 5.74) is 5.72. The smallest absolute Gasteiger partial charge is 0.163 e. The van der Waals surface area contributed by atoms with Crippen molar-refractivity contribution in [3.63, 3.8) is 0 Å². The maximum atomic E-state index is 13.6. The number of ether oxygens (including phenoxy) is 1. The second kappa shape index (κ2) is 8.66. The molecule has 0 amide bonds. The maximum absolute atomic E-state index is 13.6. The Kier molecular flexibility index (Phi) is 5.55. The Morgan fingerprint density at radius 3 is 2.24 bits per heavy atom. The molecule has 1 aliphatic heterocycles. The van der Waals surface area contributed by atoms with E-state index in [2.05, 4.69) is 22.8 Å². The molecular formula is C28H28N2O3. The van der Waals surface area contributed by atoms with Crippen LogP contribution in [0.25, 0.3) is 0 Å². The number of hydrogen-bond acceptors (Lipinski definition) is 5. The van der Waals surface area contributed by atoms with Crippen molar-refractivity contribution in [3.8, 4) is 11.5 Å². The molecule has 33 heavy (non-hydrogen) atoms. The van der Waals surface area contributed by atoms with Crippen LogP contribution < -0.4 is 15.4 Å². The van der Waals surface area contributed by atoms with E-state index in [9.17, 15) is 9.90 Å². The summed E-state index contributed by atoms with van der Waals surface area (Å²) in [6.07, 6.45) is 1.33. The summed E-state index contributed by atoms with van der Waals surface area (Å²) < 4.78 is 5.78. The van der Waals surface area contributed by atoms with Crippen LogP contribution in [-0.4, -0.2) is 17.0 Å². The van der Waals surface area contributed by atoms with Gasteiger partial charge in [0.1, 0.15) is 11.5 Å². The van der Waals surface area contributed by atoms with Gasteiger partial charge in [0.25, 0.3) is 0 Å². The minimum absolute atomic E-state index is 0.0996. The molecule has 5 nitrogen and oxygen atoms in total. The van der Waals surface area contributed by atoms with Crippen LogP contribution in [0.3, 0.4) is 0 Å². The third-order valence-electron chi connectivity index (χ3n) is 6.26. The van der Waals surface area contributed by atoms with Crippen molar-refractivity contribution in [2.75, 3.05) is 10.6 Å². The topological polar surface area (TPSA) is 70.6 Å². The van der Waals surface area contributed by atoms with E-state index in [0.717, 1.165) is 45.9 Å². The van der Waals surface area contributed by atoms with Crippen molar-refractivity contribution in [1.82, 2.24) is 0 Å². The van der Waals surface area contributed by atoms with Crippen LogP contribution in [-0.2, 0) is 4.79 Å². The van der Waals surface area contributed by atoms with E-state index in [-0.39, 0.29) is 29.6 Å². The van der Waals surface area contributed by atoms with Crippen molar-refractivity contribution in [3.05, 3.63) is 95.2 Å². The molecule has 3 aromatic carbocycles. The van der Waals surface area contributed by atoms with Gasteiger partial charge in [-0.3, -0.25) is 4.79 Å². The zero-order valence-electron chi connectivity index (χ0n) is 18.8. The predicted molar refractivity (Wildman–Crippen MR) is 131 cm³/mol. The molecule has 0 fully saturated rings. The SMILES string of the molecule is CC(C)Oc1ccc(C2CC(=O)C3=C(C2)Nc2ccccc2NC3c2ccc(O)cc2)cc1. The van der Waals surface area contributed by atoms with Gasteiger partial charge in [-0.1, -0.05) is 36.4 Å². The van der Waals surface area contributed by atoms with Crippen LogP contribution in [0.1, 0.15) is 49.8 Å². The average Bonchev–Trinajstić information content (AvgIpc) is 2.96. The van der Waals surface area contributed by atoms with Crippen molar-refractivity contribution in [1.29, 1.82) is 0 Å². The Morgan fingerprint density at radius 2 is 1.55 bits per heavy atom. The van der Waals surface area contributed by atoms with Gasteiger partial charge in [-0.2, -0.15) is 0 Å². The van der Waals surface area contributed by atoms with Crippen LogP contribution in [0, 0.1) is 0 Å². The maximum Gasteiger partial charge on any atom is 0.163 e. The standard InChI is InChI=1S/C28H28N2O3/c1-17(2)33-22-13-9-18(10-14-22)20-15-25-27(26(32)16-20)28(19-7-11-21(31)12-8-19)30-24-6-4-3-5-23(24)29-25/h3-14,17,20,28-31H,15-16H2,1-2H3. The second-order valence-electron chi connectivity index (χ2n) is 9.00. The fraction of sp³-hybridized carbons (Fsp3) is 0.250. The predicted octanol–water partition coefficient (Wildman–Crippen LogP) is 6.16. The lowest BCUT2D eigenvalue weighted by atomic mass is 9.78. The highest BCUT2D eigenvalue weighted by Crippen LogP contribution is 2.44. The van der Waals surface area contributed by atoms with Crippen molar-refractivity contribution in [2.24, 2.45) is 0 Å². The average molecular weight is 441 g/mol. The van der Waals surface area contributed by atoms with Gasteiger partial charge in [-0.25, -0.2) is 0 Å². The lowest BCUT2D eigenvalue weighted by Crippen LogP contribution is -2.26. The fourth-order valence-electron chi connectivity index (χ4n) is 4.74. The number of para-hydroxylation sites is 2. The van der Waals surface area contributed by atoms with E-state index in [1.807, 2.05) is 62.4 Å². The lowest BCUT2D eigenvalue weighted by molar-refractivity contribution is -0.116. The number of rotatable bonds is 4. The van der Waals surface area contributed by atoms with Crippen LogP contribution in [0.15, 0.2) is 84.1 Å². The molecule has 3 aromatic rings. The second-order valence-corrected chi connectivity index (χ2v) is 9.00. The normalized spacial score (nSPS) is 19.8. The largest absolute Gasteiger partial charge is 0.508 e. The minimum Gasteiger partial charge on any atom is -0.508 e. The van der Waals surface area contributed by atoms with Gasteiger partial charge in [-0.15, -0.1) is 0 Å². The minimum atomic E-state index is -0.285. The van der Waals surface area contributed by atoms with E-state index in [0.29, 0.717) is 6.42 Å². The van der Waals surface area contributed by atoms with Crippen molar-refractivity contribution >= 4 is 17.2 Å². The number of allylic oxidation sites excluding steroid dienone is 1. The molecular weight excluding hydrogens is 412 g/mol. The summed E-state index contributed by atoms with van der Waals surface area (Å²) in [4.78, 5) is 13.6. The zero-order valence-corrected chi connectivity index (χ0v) is 18.8. The first kappa shape index (κ1) is 21.1. The van der Waals surface area contributed by atoms with Gasteiger partial charge < -0.3 is 20.5 Å². The summed E-state index contributed by atoms with van der Waals surface area (Å²) in [6, 6.07) is 22.9. The van der Waals surface area contributed by atoms with Gasteiger partial charge in [0.05, 0.1) is 23.5 Å². The van der Waals surface area contributed by atoms with E-state index in [4.69, 9.17) is 4.74 Å². The van der Waals surface area contributed by atoms with Crippen molar-refractivity contribution in [2.45, 2.75) is 44.8 Å². The molecule has 0 saturated carbocycles. The first-order valence-corrected chi connectivity index (χ1v) is 11.4. The zero-order chi connectivity index (χ0) is 22.9. The number of carbonyl (C=O) groups excluding carboxylic acids is 1. The number of carbonyl (C=O) groups is 1. The number of phenolic OH excluding ortho intramolecular Hbond substituents is 1. The lowest BCUT2D eigenvalue weighted by Gasteiger charge is -2.30. The van der Waals surface area contributed by atoms with Crippen LogP contribution in [0.2, 0.25) is 0 Å². The number of fused-ring (bicyclic) bond motifs is 1. The molecule has 2 atom stereocenters. The van der Waals surface area contributed by atoms with E-state index >= 15 is 0 Å². The summed E-state index contributed by atoms with van der Waals surface area (Å²) in [5, 5.41) is 16.9. The number of Topliss-reactive ketones (excluding diaryl/α,β-unsaturated/α-hetero) is 1. The number of benzene rings is 3. The number of hydrogen-bond donors (Lipinski definition) is 3. The molecule has 1 aliphatic carbocycles. The molecule has 2 aliphatic rings. The molecule has 0 radical (unpaired) electrons. The highest BCUT2D eigenvalue weighted by atomic mass is 16.5. The fourth-order valence-corrected chi connectivity index (χ4v) is 4.74. The van der Waals surface area contributed by atoms with Crippen LogP contribution in [0.5, 0.6) is 11.5 Å². The molecule has 0 spiro atoms. The van der Waals surface area contributed by atoms with Crippen LogP contribution in [0.4, 0.5) is 11.4 Å². The third kappa shape index (κ3) is 4.31. The molecule has 0 aromatic heterocycles. The third-order valence-corrected chi connectivity index (χ3v) is 6.26. The number of anilines is 2. The number of aromatic hydroxyl groups is 1. The molecule has 168 valence electrons. The summed E-state index contributed by atoms with van der Waals surface area (Å²) in [6.45, 7) is 4.02. The number of ketones is 1. The first-order valence-electron chi connectivity index (χ1n) is 11.4. The monoisotopic (exact) mass is 440 g/mol. The Hall–Kier alpha value is -3.73.